The number of aromatic nitrogens is 1. The summed E-state index contributed by atoms with van der Waals surface area (Å²) in [7, 11) is 3.14. The van der Waals surface area contributed by atoms with Gasteiger partial charge >= 0.3 is 0 Å². The molecule has 0 N–H and O–H groups in total. The van der Waals surface area contributed by atoms with Gasteiger partial charge in [0.1, 0.15) is 5.57 Å². The van der Waals surface area contributed by atoms with E-state index >= 15 is 0 Å². The number of rotatable bonds is 2. The summed E-state index contributed by atoms with van der Waals surface area (Å²) in [6.07, 6.45) is 1.63. The number of halogens is 1. The predicted molar refractivity (Wildman–Crippen MR) is 111 cm³/mol. The Hall–Kier alpha value is -2.44. The molecule has 1 aromatic carbocycles. The van der Waals surface area contributed by atoms with E-state index in [-0.39, 0.29) is 10.7 Å². The highest BCUT2D eigenvalue weighted by Gasteiger charge is 2.35. The topological polar surface area (TPSA) is 45.6 Å². The first kappa shape index (κ1) is 19.3. The molecule has 5 nitrogen and oxygen atoms in total. The summed E-state index contributed by atoms with van der Waals surface area (Å²) in [5, 5.41) is 0.885. The fraction of sp³-hybridized carbons (Fsp3) is 0.250. The van der Waals surface area contributed by atoms with E-state index in [1.54, 1.807) is 20.2 Å². The lowest BCUT2D eigenvalue weighted by Crippen LogP contribution is -2.52. The SMILES string of the molecule is Cc1ccc(-n2c(C)cc(C=C3C(=O)N(C)C(=S)N(C)C3=O)c2C)cc1Cl. The number of hydrogen-bond donors (Lipinski definition) is 0. The molecule has 2 amide bonds. The third-order valence-electron chi connectivity index (χ3n) is 4.83. The number of benzene rings is 1. The third kappa shape index (κ3) is 3.19. The molecule has 0 atom stereocenters. The summed E-state index contributed by atoms with van der Waals surface area (Å²) in [5.41, 5.74) is 4.73. The lowest BCUT2D eigenvalue weighted by molar-refractivity contribution is -0.132. The molecule has 0 unspecified atom stereocenters. The Kier molecular flexibility index (Phi) is 4.97. The van der Waals surface area contributed by atoms with Gasteiger partial charge < -0.3 is 4.57 Å². The Morgan fingerprint density at radius 2 is 1.59 bits per heavy atom. The lowest BCUT2D eigenvalue weighted by Gasteiger charge is -2.31. The molecule has 27 heavy (non-hydrogen) atoms. The molecule has 0 bridgehead atoms. The van der Waals surface area contributed by atoms with Crippen molar-refractivity contribution in [2.45, 2.75) is 20.8 Å². The van der Waals surface area contributed by atoms with E-state index in [2.05, 4.69) is 0 Å². The maximum atomic E-state index is 12.5. The largest absolute Gasteiger partial charge is 0.318 e. The fourth-order valence-corrected chi connectivity index (χ4v) is 3.52. The zero-order chi connectivity index (χ0) is 20.0. The zero-order valence-electron chi connectivity index (χ0n) is 15.8. The Balaban J connectivity index is 2.10. The van der Waals surface area contributed by atoms with Crippen LogP contribution in [0.15, 0.2) is 29.8 Å². The molecule has 1 aromatic heterocycles. The van der Waals surface area contributed by atoms with Crippen molar-refractivity contribution in [3.05, 3.63) is 57.4 Å². The molecule has 0 spiro atoms. The van der Waals surface area contributed by atoms with Crippen LogP contribution in [0, 0.1) is 20.8 Å². The van der Waals surface area contributed by atoms with Gasteiger partial charge in [-0.05, 0) is 68.4 Å². The van der Waals surface area contributed by atoms with Crippen LogP contribution in [-0.2, 0) is 9.59 Å². The highest BCUT2D eigenvalue weighted by Crippen LogP contribution is 2.27. The van der Waals surface area contributed by atoms with Crippen LogP contribution in [0.4, 0.5) is 0 Å². The lowest BCUT2D eigenvalue weighted by atomic mass is 10.1. The maximum absolute atomic E-state index is 12.5. The number of likely N-dealkylation sites (N-methyl/N-ethyl adjacent to an activating group) is 2. The van der Waals surface area contributed by atoms with Gasteiger partial charge in [0.05, 0.1) is 0 Å². The number of hydrogen-bond acceptors (Lipinski definition) is 3. The van der Waals surface area contributed by atoms with Crippen molar-refractivity contribution in [2.24, 2.45) is 0 Å². The van der Waals surface area contributed by atoms with Crippen LogP contribution < -0.4 is 0 Å². The number of aryl methyl sites for hydroxylation is 2. The van der Waals surface area contributed by atoms with Crippen LogP contribution in [0.1, 0.15) is 22.5 Å². The van der Waals surface area contributed by atoms with E-state index in [1.165, 1.54) is 9.80 Å². The molecule has 1 aliphatic heterocycles. The first-order chi connectivity index (χ1) is 12.6. The quantitative estimate of drug-likeness (QED) is 0.438. The van der Waals surface area contributed by atoms with E-state index in [0.29, 0.717) is 5.02 Å². The summed E-state index contributed by atoms with van der Waals surface area (Å²) in [6, 6.07) is 7.82. The first-order valence-electron chi connectivity index (χ1n) is 8.40. The van der Waals surface area contributed by atoms with Gasteiger partial charge in [0.25, 0.3) is 11.8 Å². The van der Waals surface area contributed by atoms with Gasteiger partial charge in [0.15, 0.2) is 5.11 Å². The Labute approximate surface area is 168 Å². The summed E-state index contributed by atoms with van der Waals surface area (Å²) in [5.74, 6) is -0.794. The molecule has 3 rings (SSSR count). The third-order valence-corrected chi connectivity index (χ3v) is 5.78. The van der Waals surface area contributed by atoms with Crippen LogP contribution in [0.2, 0.25) is 5.02 Å². The summed E-state index contributed by atoms with van der Waals surface area (Å²) >= 11 is 11.4. The molecule has 0 radical (unpaired) electrons. The molecule has 0 saturated carbocycles. The minimum Gasteiger partial charge on any atom is -0.318 e. The predicted octanol–water partition coefficient (Wildman–Crippen LogP) is 3.65. The van der Waals surface area contributed by atoms with E-state index in [4.69, 9.17) is 23.8 Å². The molecule has 2 aromatic rings. The average Bonchev–Trinajstić information content (AvgIpc) is 2.91. The van der Waals surface area contributed by atoms with Gasteiger partial charge in [-0.1, -0.05) is 17.7 Å². The van der Waals surface area contributed by atoms with Crippen LogP contribution in [0.25, 0.3) is 11.8 Å². The Bertz CT molecular complexity index is 996. The zero-order valence-corrected chi connectivity index (χ0v) is 17.4. The molecule has 2 heterocycles. The van der Waals surface area contributed by atoms with Gasteiger partial charge in [0, 0.05) is 36.2 Å². The van der Waals surface area contributed by atoms with Crippen molar-refractivity contribution in [1.29, 1.82) is 0 Å². The van der Waals surface area contributed by atoms with Crippen molar-refractivity contribution in [3.8, 4) is 5.69 Å². The van der Waals surface area contributed by atoms with Crippen LogP contribution in [0.5, 0.6) is 0 Å². The van der Waals surface area contributed by atoms with Crippen LogP contribution >= 0.6 is 23.8 Å². The molecule has 1 aliphatic rings. The monoisotopic (exact) mass is 401 g/mol. The first-order valence-corrected chi connectivity index (χ1v) is 9.19. The summed E-state index contributed by atoms with van der Waals surface area (Å²) < 4.78 is 2.05. The highest BCUT2D eigenvalue weighted by molar-refractivity contribution is 7.80. The number of nitrogens with zero attached hydrogens (tertiary/aromatic N) is 3. The maximum Gasteiger partial charge on any atom is 0.265 e. The second-order valence-corrected chi connectivity index (χ2v) is 7.44. The second kappa shape index (κ2) is 6.94. The van der Waals surface area contributed by atoms with E-state index in [9.17, 15) is 9.59 Å². The normalized spacial score (nSPS) is 15.0. The molecule has 1 saturated heterocycles. The van der Waals surface area contributed by atoms with Crippen molar-refractivity contribution in [1.82, 2.24) is 14.4 Å². The minimum absolute atomic E-state index is 0.0933. The summed E-state index contributed by atoms with van der Waals surface area (Å²) in [4.78, 5) is 27.7. The molecule has 0 aliphatic carbocycles. The van der Waals surface area contributed by atoms with Crippen molar-refractivity contribution in [2.75, 3.05) is 14.1 Å². The van der Waals surface area contributed by atoms with Crippen LogP contribution in [-0.4, -0.2) is 45.4 Å². The standard InChI is InChI=1S/C20H20ClN3O2S/c1-11-6-7-15(10-17(11)21)24-12(2)8-14(13(24)3)9-16-18(25)22(4)20(27)23(5)19(16)26/h6-10H,1-5H3. The van der Waals surface area contributed by atoms with Crippen molar-refractivity contribution >= 4 is 46.8 Å². The van der Waals surface area contributed by atoms with E-state index < -0.39 is 11.8 Å². The van der Waals surface area contributed by atoms with Gasteiger partial charge in [-0.15, -0.1) is 0 Å². The summed E-state index contributed by atoms with van der Waals surface area (Å²) in [6.45, 7) is 5.87. The highest BCUT2D eigenvalue weighted by atomic mass is 35.5. The van der Waals surface area contributed by atoms with Gasteiger partial charge in [-0.3, -0.25) is 19.4 Å². The molecule has 7 heteroatoms. The number of carbonyl (C=O) groups is 2. The van der Waals surface area contributed by atoms with E-state index in [0.717, 1.165) is 28.2 Å². The smallest absolute Gasteiger partial charge is 0.265 e. The van der Waals surface area contributed by atoms with Gasteiger partial charge in [-0.2, -0.15) is 0 Å². The van der Waals surface area contributed by atoms with Gasteiger partial charge in [0.2, 0.25) is 0 Å². The second-order valence-electron chi connectivity index (χ2n) is 6.66. The fourth-order valence-electron chi connectivity index (χ4n) is 3.18. The number of thiocarbonyl (C=S) groups is 1. The molecule has 1 fully saturated rings. The van der Waals surface area contributed by atoms with E-state index in [1.807, 2.05) is 49.6 Å². The Morgan fingerprint density at radius 3 is 2.15 bits per heavy atom. The molecule has 140 valence electrons. The van der Waals surface area contributed by atoms with Crippen LogP contribution in [0.3, 0.4) is 0 Å². The van der Waals surface area contributed by atoms with Crippen molar-refractivity contribution in [3.63, 3.8) is 0 Å². The minimum atomic E-state index is -0.397. The van der Waals surface area contributed by atoms with Gasteiger partial charge in [-0.25, -0.2) is 0 Å². The number of carbonyl (C=O) groups excluding carboxylic acids is 2. The Morgan fingerprint density at radius 1 is 1.00 bits per heavy atom. The molecular weight excluding hydrogens is 382 g/mol. The average molecular weight is 402 g/mol. The van der Waals surface area contributed by atoms with Crippen molar-refractivity contribution < 1.29 is 9.59 Å². The molecular formula is C20H20ClN3O2S. The number of amides is 2.